The van der Waals surface area contributed by atoms with Crippen LogP contribution in [0.5, 0.6) is 5.75 Å². The summed E-state index contributed by atoms with van der Waals surface area (Å²) in [6, 6.07) is 5.97. The first kappa shape index (κ1) is 19.4. The highest BCUT2D eigenvalue weighted by molar-refractivity contribution is 5.69. The summed E-state index contributed by atoms with van der Waals surface area (Å²) in [5.74, 6) is 1.51. The summed E-state index contributed by atoms with van der Waals surface area (Å²) in [5, 5.41) is 10.2. The molecule has 4 rings (SSSR count). The number of benzene rings is 1. The summed E-state index contributed by atoms with van der Waals surface area (Å²) in [6.07, 6.45) is 4.81. The first-order chi connectivity index (χ1) is 13.3. The lowest BCUT2D eigenvalue weighted by Crippen LogP contribution is -2.48. The van der Waals surface area contributed by atoms with E-state index in [2.05, 4.69) is 13.0 Å². The molecule has 5 heteroatoms. The molecule has 1 aromatic rings. The van der Waals surface area contributed by atoms with Crippen molar-refractivity contribution in [1.82, 2.24) is 0 Å². The van der Waals surface area contributed by atoms with Crippen molar-refractivity contribution in [3.8, 4) is 5.75 Å². The lowest BCUT2D eigenvalue weighted by Gasteiger charge is -2.53. The Labute approximate surface area is 166 Å². The molecule has 1 aromatic carbocycles. The largest absolute Gasteiger partial charge is 0.462 e. The number of fused-ring (bicyclic) bond motifs is 5. The molecular formula is C23H30O5. The van der Waals surface area contributed by atoms with Gasteiger partial charge < -0.3 is 14.6 Å². The molecule has 3 aliphatic carbocycles. The van der Waals surface area contributed by atoms with Crippen molar-refractivity contribution in [3.05, 3.63) is 29.3 Å². The molecule has 2 saturated carbocycles. The molecule has 3 aliphatic rings. The second-order valence-electron chi connectivity index (χ2n) is 9.11. The summed E-state index contributed by atoms with van der Waals surface area (Å²) in [7, 11) is 0. The standard InChI is InChI=1S/C23H30O5/c1-13(25)27-17-4-5-18-15(11-17)10-16(12-24)22-19(18)8-9-23(3)20(22)6-7-21(23)28-14(2)26/h4-5,11,16,19-22,24H,6-10,12H2,1-3H3/t16-,19+,20-,21-,22+,23-/m0/s1. The number of aliphatic hydroxyl groups is 1. The van der Waals surface area contributed by atoms with Crippen molar-refractivity contribution in [2.45, 2.75) is 64.9 Å². The fraction of sp³-hybridized carbons (Fsp3) is 0.652. The third kappa shape index (κ3) is 3.14. The average Bonchev–Trinajstić information content (AvgIpc) is 2.96. The summed E-state index contributed by atoms with van der Waals surface area (Å²) >= 11 is 0. The predicted octanol–water partition coefficient (Wildman–Crippen LogP) is 3.62. The van der Waals surface area contributed by atoms with Crippen LogP contribution >= 0.6 is 0 Å². The topological polar surface area (TPSA) is 72.8 Å². The molecule has 5 nitrogen and oxygen atoms in total. The van der Waals surface area contributed by atoms with Gasteiger partial charge in [0, 0.05) is 25.9 Å². The summed E-state index contributed by atoms with van der Waals surface area (Å²) in [5.41, 5.74) is 2.52. The smallest absolute Gasteiger partial charge is 0.308 e. The van der Waals surface area contributed by atoms with Gasteiger partial charge in [-0.15, -0.1) is 0 Å². The zero-order valence-electron chi connectivity index (χ0n) is 16.9. The van der Waals surface area contributed by atoms with Crippen LogP contribution < -0.4 is 4.74 Å². The van der Waals surface area contributed by atoms with Crippen LogP contribution in [0.15, 0.2) is 18.2 Å². The van der Waals surface area contributed by atoms with Crippen molar-refractivity contribution in [1.29, 1.82) is 0 Å². The lowest BCUT2D eigenvalue weighted by atomic mass is 9.52. The number of aliphatic hydroxyl groups excluding tert-OH is 1. The molecule has 6 atom stereocenters. The lowest BCUT2D eigenvalue weighted by molar-refractivity contribution is -0.155. The molecule has 0 radical (unpaired) electrons. The third-order valence-corrected chi connectivity index (χ3v) is 7.59. The van der Waals surface area contributed by atoms with E-state index in [1.54, 1.807) is 0 Å². The number of carbonyl (C=O) groups is 2. The predicted molar refractivity (Wildman–Crippen MR) is 104 cm³/mol. The molecule has 1 N–H and O–H groups in total. The zero-order chi connectivity index (χ0) is 20.1. The first-order valence-corrected chi connectivity index (χ1v) is 10.4. The van der Waals surface area contributed by atoms with E-state index in [4.69, 9.17) is 9.47 Å². The van der Waals surface area contributed by atoms with E-state index in [1.807, 2.05) is 12.1 Å². The van der Waals surface area contributed by atoms with Crippen LogP contribution in [0.2, 0.25) is 0 Å². The Morgan fingerprint density at radius 1 is 1.18 bits per heavy atom. The highest BCUT2D eigenvalue weighted by Gasteiger charge is 2.58. The van der Waals surface area contributed by atoms with Crippen LogP contribution in [-0.2, 0) is 20.7 Å². The maximum atomic E-state index is 11.6. The molecular weight excluding hydrogens is 356 g/mol. The highest BCUT2D eigenvalue weighted by atomic mass is 16.5. The highest BCUT2D eigenvalue weighted by Crippen LogP contribution is 2.62. The third-order valence-electron chi connectivity index (χ3n) is 7.59. The van der Waals surface area contributed by atoms with E-state index in [9.17, 15) is 14.7 Å². The number of rotatable bonds is 3. The fourth-order valence-electron chi connectivity index (χ4n) is 6.52. The second-order valence-corrected chi connectivity index (χ2v) is 9.11. The molecule has 152 valence electrons. The summed E-state index contributed by atoms with van der Waals surface area (Å²) in [4.78, 5) is 22.9. The Morgan fingerprint density at radius 3 is 2.64 bits per heavy atom. The quantitative estimate of drug-likeness (QED) is 0.634. The van der Waals surface area contributed by atoms with E-state index in [0.29, 0.717) is 23.5 Å². The first-order valence-electron chi connectivity index (χ1n) is 10.4. The van der Waals surface area contributed by atoms with Gasteiger partial charge in [0.15, 0.2) is 0 Å². The van der Waals surface area contributed by atoms with Gasteiger partial charge in [0.1, 0.15) is 11.9 Å². The minimum Gasteiger partial charge on any atom is -0.462 e. The van der Waals surface area contributed by atoms with E-state index in [1.165, 1.54) is 25.0 Å². The number of carbonyl (C=O) groups excluding carboxylic acids is 2. The van der Waals surface area contributed by atoms with Gasteiger partial charge in [-0.25, -0.2) is 0 Å². The Morgan fingerprint density at radius 2 is 1.96 bits per heavy atom. The Kier molecular flexibility index (Phi) is 4.98. The Balaban J connectivity index is 1.66. The Hall–Kier alpha value is -1.88. The van der Waals surface area contributed by atoms with Gasteiger partial charge in [0.25, 0.3) is 0 Å². The van der Waals surface area contributed by atoms with Gasteiger partial charge in [-0.3, -0.25) is 9.59 Å². The summed E-state index contributed by atoms with van der Waals surface area (Å²) < 4.78 is 11.0. The van der Waals surface area contributed by atoms with Gasteiger partial charge in [-0.2, -0.15) is 0 Å². The molecule has 2 fully saturated rings. The number of hydrogen-bond acceptors (Lipinski definition) is 5. The van der Waals surface area contributed by atoms with Crippen LogP contribution in [0.3, 0.4) is 0 Å². The SMILES string of the molecule is CC(=O)Oc1ccc2c(c1)C[C@@H](CO)[C@@H]1[C@@H]2CC[C@]2(C)[C@@H](OC(C)=O)CC[C@@H]12. The number of esters is 2. The van der Waals surface area contributed by atoms with Crippen molar-refractivity contribution < 1.29 is 24.2 Å². The second kappa shape index (κ2) is 7.18. The van der Waals surface area contributed by atoms with Gasteiger partial charge in [-0.05, 0) is 79.0 Å². The van der Waals surface area contributed by atoms with Crippen LogP contribution in [0.25, 0.3) is 0 Å². The van der Waals surface area contributed by atoms with Crippen molar-refractivity contribution in [2.24, 2.45) is 23.2 Å². The molecule has 0 saturated heterocycles. The van der Waals surface area contributed by atoms with E-state index >= 15 is 0 Å². The van der Waals surface area contributed by atoms with Gasteiger partial charge in [0.05, 0.1) is 0 Å². The van der Waals surface area contributed by atoms with Crippen LogP contribution in [-0.4, -0.2) is 29.8 Å². The van der Waals surface area contributed by atoms with Gasteiger partial charge in [0.2, 0.25) is 0 Å². The number of hydrogen-bond donors (Lipinski definition) is 1. The van der Waals surface area contributed by atoms with Gasteiger partial charge >= 0.3 is 11.9 Å². The normalized spacial score (nSPS) is 36.1. The molecule has 0 aliphatic heterocycles. The molecule has 0 aromatic heterocycles. The van der Waals surface area contributed by atoms with E-state index < -0.39 is 0 Å². The minimum atomic E-state index is -0.316. The zero-order valence-corrected chi connectivity index (χ0v) is 16.9. The molecule has 0 amide bonds. The van der Waals surface area contributed by atoms with Crippen molar-refractivity contribution >= 4 is 11.9 Å². The van der Waals surface area contributed by atoms with Gasteiger partial charge in [-0.1, -0.05) is 13.0 Å². The molecule has 0 spiro atoms. The monoisotopic (exact) mass is 386 g/mol. The average molecular weight is 386 g/mol. The maximum Gasteiger partial charge on any atom is 0.308 e. The minimum absolute atomic E-state index is 0.00452. The molecule has 0 heterocycles. The maximum absolute atomic E-state index is 11.6. The molecule has 0 bridgehead atoms. The van der Waals surface area contributed by atoms with Crippen LogP contribution in [0.4, 0.5) is 0 Å². The fourth-order valence-corrected chi connectivity index (χ4v) is 6.52. The van der Waals surface area contributed by atoms with Crippen molar-refractivity contribution in [3.63, 3.8) is 0 Å². The Bertz CT molecular complexity index is 787. The molecule has 0 unspecified atom stereocenters. The van der Waals surface area contributed by atoms with E-state index in [0.717, 1.165) is 32.1 Å². The van der Waals surface area contributed by atoms with Crippen LogP contribution in [0.1, 0.15) is 63.5 Å². The summed E-state index contributed by atoms with van der Waals surface area (Å²) in [6.45, 7) is 5.34. The van der Waals surface area contributed by atoms with Crippen LogP contribution in [0, 0.1) is 23.2 Å². The van der Waals surface area contributed by atoms with Crippen molar-refractivity contribution in [2.75, 3.05) is 6.61 Å². The van der Waals surface area contributed by atoms with E-state index in [-0.39, 0.29) is 36.0 Å². The number of ether oxygens (including phenoxy) is 2. The molecule has 28 heavy (non-hydrogen) atoms.